The standard InChI is InChI=1S/C24H23ClF2N2O5/c1-12-4-14-18(30)7-20(34-19(14)6-16(12)26)22(32)29-24-9-23(10-24,11-24)28-21(31)8-33-13-2-3-15(25)17(27)5-13/h2-6,18,20,30H,7-11H2,1H3,(H,28,31)(H,29,32)/t18-,20-,23?,24?/m1/s1. The van der Waals surface area contributed by atoms with Crippen LogP contribution in [0.4, 0.5) is 8.78 Å². The number of fused-ring (bicyclic) bond motifs is 1. The zero-order valence-electron chi connectivity index (χ0n) is 18.3. The van der Waals surface area contributed by atoms with Crippen LogP contribution >= 0.6 is 11.6 Å². The number of hydrogen-bond donors (Lipinski definition) is 3. The van der Waals surface area contributed by atoms with Crippen LogP contribution in [-0.4, -0.2) is 40.7 Å². The van der Waals surface area contributed by atoms with Crippen LogP contribution < -0.4 is 20.1 Å². The van der Waals surface area contributed by atoms with Gasteiger partial charge in [0.15, 0.2) is 12.7 Å². The number of aryl methyl sites for hydroxylation is 1. The first-order valence-corrected chi connectivity index (χ1v) is 11.3. The largest absolute Gasteiger partial charge is 0.484 e. The van der Waals surface area contributed by atoms with Gasteiger partial charge in [0.2, 0.25) is 0 Å². The van der Waals surface area contributed by atoms with Gasteiger partial charge in [-0.15, -0.1) is 0 Å². The van der Waals surface area contributed by atoms with Crippen LogP contribution in [0.2, 0.25) is 5.02 Å². The van der Waals surface area contributed by atoms with E-state index in [1.807, 2.05) is 0 Å². The number of halogens is 3. The third kappa shape index (κ3) is 4.07. The van der Waals surface area contributed by atoms with Crippen molar-refractivity contribution in [1.82, 2.24) is 10.6 Å². The summed E-state index contributed by atoms with van der Waals surface area (Å²) >= 11 is 5.63. The highest BCUT2D eigenvalue weighted by Gasteiger charge is 2.69. The van der Waals surface area contributed by atoms with Crippen LogP contribution in [0.5, 0.6) is 11.5 Å². The molecule has 0 saturated heterocycles. The highest BCUT2D eigenvalue weighted by molar-refractivity contribution is 6.30. The van der Waals surface area contributed by atoms with Crippen molar-refractivity contribution in [3.63, 3.8) is 0 Å². The Balaban J connectivity index is 1.11. The van der Waals surface area contributed by atoms with Gasteiger partial charge in [-0.3, -0.25) is 9.59 Å². The molecule has 180 valence electrons. The second-order valence-corrected chi connectivity index (χ2v) is 9.90. The molecule has 34 heavy (non-hydrogen) atoms. The van der Waals surface area contributed by atoms with E-state index in [2.05, 4.69) is 10.6 Å². The van der Waals surface area contributed by atoms with Gasteiger partial charge in [-0.05, 0) is 49.9 Å². The molecule has 2 bridgehead atoms. The summed E-state index contributed by atoms with van der Waals surface area (Å²) in [5, 5.41) is 16.3. The fraction of sp³-hybridized carbons (Fsp3) is 0.417. The Hall–Kier alpha value is -2.91. The van der Waals surface area contributed by atoms with Crippen molar-refractivity contribution in [2.45, 2.75) is 55.9 Å². The SMILES string of the molecule is Cc1cc2c(cc1F)O[C@@H](C(=O)NC13CC(NC(=O)COc4ccc(Cl)c(F)c4)(C1)C3)C[C@H]2O. The Kier molecular flexibility index (Phi) is 5.44. The molecule has 1 aliphatic heterocycles. The molecule has 2 aromatic rings. The van der Waals surface area contributed by atoms with Crippen LogP contribution in [0.25, 0.3) is 0 Å². The van der Waals surface area contributed by atoms with Gasteiger partial charge in [0.05, 0.1) is 11.1 Å². The lowest BCUT2D eigenvalue weighted by Crippen LogP contribution is -2.84. The Morgan fingerprint density at radius 3 is 2.56 bits per heavy atom. The molecule has 0 aromatic heterocycles. The van der Waals surface area contributed by atoms with Crippen molar-refractivity contribution in [1.29, 1.82) is 0 Å². The number of carbonyl (C=O) groups excluding carboxylic acids is 2. The molecule has 2 amide bonds. The summed E-state index contributed by atoms with van der Waals surface area (Å²) in [7, 11) is 0. The third-order valence-electron chi connectivity index (χ3n) is 6.73. The molecule has 10 heteroatoms. The lowest BCUT2D eigenvalue weighted by molar-refractivity contribution is -0.155. The van der Waals surface area contributed by atoms with Crippen LogP contribution in [-0.2, 0) is 9.59 Å². The number of aliphatic hydroxyl groups excluding tert-OH is 1. The van der Waals surface area contributed by atoms with Gasteiger partial charge in [-0.2, -0.15) is 0 Å². The Bertz CT molecular complexity index is 1170. The molecular weight excluding hydrogens is 470 g/mol. The molecule has 0 spiro atoms. The van der Waals surface area contributed by atoms with E-state index in [0.29, 0.717) is 30.4 Å². The molecule has 7 nitrogen and oxygen atoms in total. The molecule has 2 atom stereocenters. The van der Waals surface area contributed by atoms with Crippen molar-refractivity contribution in [2.24, 2.45) is 0 Å². The summed E-state index contributed by atoms with van der Waals surface area (Å²) in [4.78, 5) is 25.0. The van der Waals surface area contributed by atoms with Gasteiger partial charge in [-0.1, -0.05) is 11.6 Å². The van der Waals surface area contributed by atoms with E-state index in [-0.39, 0.29) is 41.4 Å². The zero-order chi connectivity index (χ0) is 24.3. The second-order valence-electron chi connectivity index (χ2n) is 9.49. The monoisotopic (exact) mass is 492 g/mol. The molecule has 0 unspecified atom stereocenters. The van der Waals surface area contributed by atoms with Crippen molar-refractivity contribution in [3.8, 4) is 11.5 Å². The minimum atomic E-state index is -0.933. The molecule has 3 N–H and O–H groups in total. The van der Waals surface area contributed by atoms with E-state index in [0.717, 1.165) is 6.07 Å². The number of nitrogens with one attached hydrogen (secondary N) is 2. The first-order chi connectivity index (χ1) is 16.1. The van der Waals surface area contributed by atoms with E-state index in [4.69, 9.17) is 21.1 Å². The summed E-state index contributed by atoms with van der Waals surface area (Å²) in [5.41, 5.74) is 0.0338. The first-order valence-electron chi connectivity index (χ1n) is 10.9. The van der Waals surface area contributed by atoms with Crippen molar-refractivity contribution < 1.29 is 33.0 Å². The van der Waals surface area contributed by atoms with Crippen LogP contribution in [0.3, 0.4) is 0 Å². The molecule has 3 saturated carbocycles. The molecule has 3 fully saturated rings. The predicted molar refractivity (Wildman–Crippen MR) is 118 cm³/mol. The number of carbonyl (C=O) groups is 2. The van der Waals surface area contributed by atoms with Gasteiger partial charge in [0.1, 0.15) is 23.1 Å². The average Bonchev–Trinajstić information content (AvgIpc) is 2.73. The second kappa shape index (κ2) is 8.09. The van der Waals surface area contributed by atoms with Crippen molar-refractivity contribution in [3.05, 3.63) is 58.1 Å². The third-order valence-corrected chi connectivity index (χ3v) is 7.04. The smallest absolute Gasteiger partial charge is 0.261 e. The van der Waals surface area contributed by atoms with Gasteiger partial charge in [-0.25, -0.2) is 8.78 Å². The maximum Gasteiger partial charge on any atom is 0.261 e. The lowest BCUT2D eigenvalue weighted by Gasteiger charge is -2.70. The predicted octanol–water partition coefficient (Wildman–Crippen LogP) is 3.10. The summed E-state index contributed by atoms with van der Waals surface area (Å²) in [6.07, 6.45) is -0.0969. The quantitative estimate of drug-likeness (QED) is 0.576. The topological polar surface area (TPSA) is 96.9 Å². The van der Waals surface area contributed by atoms with Gasteiger partial charge in [0.25, 0.3) is 11.8 Å². The maximum absolute atomic E-state index is 13.9. The van der Waals surface area contributed by atoms with E-state index in [1.165, 1.54) is 24.3 Å². The maximum atomic E-state index is 13.9. The van der Waals surface area contributed by atoms with E-state index < -0.39 is 34.9 Å². The Morgan fingerprint density at radius 2 is 1.85 bits per heavy atom. The number of ether oxygens (including phenoxy) is 2. The van der Waals surface area contributed by atoms with Crippen LogP contribution in [0.15, 0.2) is 30.3 Å². The number of benzene rings is 2. The van der Waals surface area contributed by atoms with Gasteiger partial charge >= 0.3 is 0 Å². The van der Waals surface area contributed by atoms with E-state index >= 15 is 0 Å². The summed E-state index contributed by atoms with van der Waals surface area (Å²) in [6, 6.07) is 6.66. The summed E-state index contributed by atoms with van der Waals surface area (Å²) in [6.45, 7) is 1.33. The summed E-state index contributed by atoms with van der Waals surface area (Å²) < 4.78 is 38.4. The molecule has 1 heterocycles. The molecule has 0 radical (unpaired) electrons. The molecule has 4 aliphatic rings. The molecule has 6 rings (SSSR count). The number of rotatable bonds is 6. The van der Waals surface area contributed by atoms with Crippen molar-refractivity contribution >= 4 is 23.4 Å². The van der Waals surface area contributed by atoms with Crippen LogP contribution in [0, 0.1) is 18.6 Å². The van der Waals surface area contributed by atoms with Gasteiger partial charge in [0, 0.05) is 35.2 Å². The van der Waals surface area contributed by atoms with E-state index in [1.54, 1.807) is 6.92 Å². The Morgan fingerprint density at radius 1 is 1.15 bits per heavy atom. The fourth-order valence-electron chi connectivity index (χ4n) is 5.18. The molecule has 3 aliphatic carbocycles. The number of amides is 2. The highest BCUT2D eigenvalue weighted by atomic mass is 35.5. The summed E-state index contributed by atoms with van der Waals surface area (Å²) in [5.74, 6) is -1.45. The minimum absolute atomic E-state index is 0.0300. The van der Waals surface area contributed by atoms with E-state index in [9.17, 15) is 23.5 Å². The normalized spacial score (nSPS) is 28.5. The van der Waals surface area contributed by atoms with Crippen molar-refractivity contribution in [2.75, 3.05) is 6.61 Å². The van der Waals surface area contributed by atoms with Gasteiger partial charge < -0.3 is 25.2 Å². The van der Waals surface area contributed by atoms with Crippen LogP contribution in [0.1, 0.15) is 42.9 Å². The minimum Gasteiger partial charge on any atom is -0.484 e. The lowest BCUT2D eigenvalue weighted by atomic mass is 9.44. The Labute approximate surface area is 199 Å². The highest BCUT2D eigenvalue weighted by Crippen LogP contribution is 2.60. The number of aliphatic hydroxyl groups is 1. The first kappa shape index (κ1) is 22.9. The zero-order valence-corrected chi connectivity index (χ0v) is 19.0. The molecular formula is C24H23ClF2N2O5. The number of hydrogen-bond acceptors (Lipinski definition) is 5. The molecule has 2 aromatic carbocycles. The average molecular weight is 493 g/mol. The fourth-order valence-corrected chi connectivity index (χ4v) is 5.30.